The Balaban J connectivity index is 2.27. The van der Waals surface area contributed by atoms with Gasteiger partial charge in [-0.25, -0.2) is 0 Å². The van der Waals surface area contributed by atoms with E-state index < -0.39 is 0 Å². The van der Waals surface area contributed by atoms with Gasteiger partial charge < -0.3 is 10.6 Å². The molecular weight excluding hydrogens is 234 g/mol. The van der Waals surface area contributed by atoms with E-state index in [9.17, 15) is 0 Å². The van der Waals surface area contributed by atoms with Crippen LogP contribution < -0.4 is 10.6 Å². The van der Waals surface area contributed by atoms with Crippen LogP contribution in [0.3, 0.4) is 0 Å². The number of hydrogen-bond acceptors (Lipinski definition) is 3. The molecule has 2 aromatic rings. The van der Waals surface area contributed by atoms with Gasteiger partial charge in [0.05, 0.1) is 5.69 Å². The summed E-state index contributed by atoms with van der Waals surface area (Å²) < 4.78 is 0. The van der Waals surface area contributed by atoms with E-state index in [4.69, 9.17) is 5.73 Å². The molecule has 0 radical (unpaired) electrons. The van der Waals surface area contributed by atoms with E-state index >= 15 is 0 Å². The SMILES string of the molecule is CCN(Cc1cccnc1CN)c1ccccc1C. The van der Waals surface area contributed by atoms with Crippen molar-refractivity contribution in [3.05, 3.63) is 59.4 Å². The molecule has 1 heterocycles. The van der Waals surface area contributed by atoms with Gasteiger partial charge in [0.2, 0.25) is 0 Å². The molecule has 0 spiro atoms. The Morgan fingerprint density at radius 3 is 2.63 bits per heavy atom. The number of nitrogens with two attached hydrogens (primary N) is 1. The van der Waals surface area contributed by atoms with E-state index in [1.165, 1.54) is 16.8 Å². The summed E-state index contributed by atoms with van der Waals surface area (Å²) in [6, 6.07) is 12.5. The zero-order valence-electron chi connectivity index (χ0n) is 11.6. The van der Waals surface area contributed by atoms with Crippen LogP contribution in [-0.2, 0) is 13.1 Å². The quantitative estimate of drug-likeness (QED) is 0.893. The zero-order chi connectivity index (χ0) is 13.7. The molecule has 19 heavy (non-hydrogen) atoms. The maximum atomic E-state index is 5.76. The van der Waals surface area contributed by atoms with Gasteiger partial charge in [-0.3, -0.25) is 4.98 Å². The number of benzene rings is 1. The standard InChI is InChI=1S/C16H21N3/c1-3-19(16-9-5-4-7-13(16)2)12-14-8-6-10-18-15(14)11-17/h4-10H,3,11-12,17H2,1-2H3. The Bertz CT molecular complexity index is 537. The maximum absolute atomic E-state index is 5.76. The van der Waals surface area contributed by atoms with Crippen LogP contribution in [0.25, 0.3) is 0 Å². The Morgan fingerprint density at radius 1 is 1.16 bits per heavy atom. The first kappa shape index (κ1) is 13.6. The summed E-state index contributed by atoms with van der Waals surface area (Å²) in [5, 5.41) is 0. The third kappa shape index (κ3) is 3.12. The van der Waals surface area contributed by atoms with Gasteiger partial charge in [-0.15, -0.1) is 0 Å². The fourth-order valence-corrected chi connectivity index (χ4v) is 2.29. The number of aromatic nitrogens is 1. The van der Waals surface area contributed by atoms with Crippen LogP contribution in [0.5, 0.6) is 0 Å². The summed E-state index contributed by atoms with van der Waals surface area (Å²) in [6.07, 6.45) is 1.80. The average molecular weight is 255 g/mol. The topological polar surface area (TPSA) is 42.2 Å². The van der Waals surface area contributed by atoms with Gasteiger partial charge >= 0.3 is 0 Å². The van der Waals surface area contributed by atoms with Crippen LogP contribution in [0.15, 0.2) is 42.6 Å². The molecule has 0 saturated carbocycles. The lowest BCUT2D eigenvalue weighted by Crippen LogP contribution is -2.24. The van der Waals surface area contributed by atoms with Gasteiger partial charge in [-0.05, 0) is 37.1 Å². The maximum Gasteiger partial charge on any atom is 0.0589 e. The molecule has 0 aliphatic heterocycles. The highest BCUT2D eigenvalue weighted by molar-refractivity contribution is 5.53. The van der Waals surface area contributed by atoms with Crippen molar-refractivity contribution in [2.75, 3.05) is 11.4 Å². The van der Waals surface area contributed by atoms with Crippen LogP contribution in [0.4, 0.5) is 5.69 Å². The van der Waals surface area contributed by atoms with Gasteiger partial charge in [0.25, 0.3) is 0 Å². The second-order valence-electron chi connectivity index (χ2n) is 4.61. The highest BCUT2D eigenvalue weighted by atomic mass is 15.1. The van der Waals surface area contributed by atoms with Crippen molar-refractivity contribution in [3.63, 3.8) is 0 Å². The molecule has 0 bridgehead atoms. The van der Waals surface area contributed by atoms with Gasteiger partial charge in [0.15, 0.2) is 0 Å². The second kappa shape index (κ2) is 6.34. The lowest BCUT2D eigenvalue weighted by Gasteiger charge is -2.25. The van der Waals surface area contributed by atoms with E-state index in [2.05, 4.69) is 54.1 Å². The summed E-state index contributed by atoms with van der Waals surface area (Å²) in [7, 11) is 0. The average Bonchev–Trinajstić information content (AvgIpc) is 2.46. The molecule has 0 aliphatic rings. The Labute approximate surface area is 115 Å². The molecule has 2 rings (SSSR count). The third-order valence-corrected chi connectivity index (χ3v) is 3.38. The molecule has 3 heteroatoms. The predicted molar refractivity (Wildman–Crippen MR) is 80.0 cm³/mol. The monoisotopic (exact) mass is 255 g/mol. The third-order valence-electron chi connectivity index (χ3n) is 3.38. The van der Waals surface area contributed by atoms with Crippen molar-refractivity contribution in [2.24, 2.45) is 5.73 Å². The molecule has 2 N–H and O–H groups in total. The van der Waals surface area contributed by atoms with Crippen LogP contribution in [-0.4, -0.2) is 11.5 Å². The molecule has 3 nitrogen and oxygen atoms in total. The first-order chi connectivity index (χ1) is 9.26. The first-order valence-electron chi connectivity index (χ1n) is 6.69. The smallest absolute Gasteiger partial charge is 0.0589 e. The van der Waals surface area contributed by atoms with Crippen LogP contribution in [0.1, 0.15) is 23.7 Å². The van der Waals surface area contributed by atoms with Gasteiger partial charge in [0, 0.05) is 31.5 Å². The summed E-state index contributed by atoms with van der Waals surface area (Å²) in [5.41, 5.74) is 10.5. The van der Waals surface area contributed by atoms with Gasteiger partial charge in [-0.1, -0.05) is 24.3 Å². The lowest BCUT2D eigenvalue weighted by atomic mass is 10.1. The first-order valence-corrected chi connectivity index (χ1v) is 6.69. The van der Waals surface area contributed by atoms with Crippen LogP contribution >= 0.6 is 0 Å². The van der Waals surface area contributed by atoms with Crippen molar-refractivity contribution >= 4 is 5.69 Å². The van der Waals surface area contributed by atoms with Crippen LogP contribution in [0, 0.1) is 6.92 Å². The molecule has 0 saturated heterocycles. The lowest BCUT2D eigenvalue weighted by molar-refractivity contribution is 0.805. The molecule has 0 atom stereocenters. The Morgan fingerprint density at radius 2 is 1.95 bits per heavy atom. The molecular formula is C16H21N3. The fourth-order valence-electron chi connectivity index (χ4n) is 2.29. The van der Waals surface area contributed by atoms with Gasteiger partial charge in [-0.2, -0.15) is 0 Å². The largest absolute Gasteiger partial charge is 0.367 e. The molecule has 1 aromatic heterocycles. The second-order valence-corrected chi connectivity index (χ2v) is 4.61. The summed E-state index contributed by atoms with van der Waals surface area (Å²) in [6.45, 7) is 6.61. The highest BCUT2D eigenvalue weighted by Crippen LogP contribution is 2.21. The van der Waals surface area contributed by atoms with E-state index in [1.807, 2.05) is 6.07 Å². The number of nitrogens with zero attached hydrogens (tertiary/aromatic N) is 2. The van der Waals surface area contributed by atoms with Crippen LogP contribution in [0.2, 0.25) is 0 Å². The van der Waals surface area contributed by atoms with Crippen molar-refractivity contribution in [2.45, 2.75) is 26.9 Å². The number of para-hydroxylation sites is 1. The summed E-state index contributed by atoms with van der Waals surface area (Å²) in [4.78, 5) is 6.70. The Hall–Kier alpha value is -1.87. The van der Waals surface area contributed by atoms with E-state index in [-0.39, 0.29) is 0 Å². The molecule has 0 fully saturated rings. The minimum atomic E-state index is 0.488. The van der Waals surface area contributed by atoms with Crippen molar-refractivity contribution in [1.82, 2.24) is 4.98 Å². The summed E-state index contributed by atoms with van der Waals surface area (Å²) in [5.74, 6) is 0. The zero-order valence-corrected chi connectivity index (χ0v) is 11.6. The number of pyridine rings is 1. The number of hydrogen-bond donors (Lipinski definition) is 1. The van der Waals surface area contributed by atoms with Crippen molar-refractivity contribution in [3.8, 4) is 0 Å². The van der Waals surface area contributed by atoms with E-state index in [1.54, 1.807) is 6.20 Å². The molecule has 0 aliphatic carbocycles. The molecule has 1 aromatic carbocycles. The summed E-state index contributed by atoms with van der Waals surface area (Å²) >= 11 is 0. The van der Waals surface area contributed by atoms with Crippen molar-refractivity contribution in [1.29, 1.82) is 0 Å². The molecule has 0 unspecified atom stereocenters. The van der Waals surface area contributed by atoms with Gasteiger partial charge in [0.1, 0.15) is 0 Å². The fraction of sp³-hybridized carbons (Fsp3) is 0.312. The van der Waals surface area contributed by atoms with E-state index in [0.717, 1.165) is 18.8 Å². The van der Waals surface area contributed by atoms with E-state index in [0.29, 0.717) is 6.54 Å². The molecule has 0 amide bonds. The molecule has 100 valence electrons. The predicted octanol–water partition coefficient (Wildman–Crippen LogP) is 2.88. The minimum Gasteiger partial charge on any atom is -0.367 e. The Kier molecular flexibility index (Phi) is 4.53. The number of aryl methyl sites for hydroxylation is 1. The number of anilines is 1. The van der Waals surface area contributed by atoms with Crippen molar-refractivity contribution < 1.29 is 0 Å². The number of rotatable bonds is 5. The highest BCUT2D eigenvalue weighted by Gasteiger charge is 2.10. The minimum absolute atomic E-state index is 0.488. The normalized spacial score (nSPS) is 10.5.